The molecule has 3 nitrogen and oxygen atoms in total. The van der Waals surface area contributed by atoms with E-state index >= 15 is 0 Å². The van der Waals surface area contributed by atoms with Crippen molar-refractivity contribution in [1.82, 2.24) is 9.78 Å². The van der Waals surface area contributed by atoms with Crippen molar-refractivity contribution in [2.75, 3.05) is 0 Å². The summed E-state index contributed by atoms with van der Waals surface area (Å²) >= 11 is 0. The maximum Gasteiger partial charge on any atom is 0.246 e. The van der Waals surface area contributed by atoms with E-state index in [9.17, 15) is 9.50 Å². The van der Waals surface area contributed by atoms with Crippen LogP contribution in [0.15, 0.2) is 24.3 Å². The van der Waals surface area contributed by atoms with E-state index in [1.54, 1.807) is 12.1 Å². The van der Waals surface area contributed by atoms with E-state index < -0.39 is 11.7 Å². The Morgan fingerprint density at radius 3 is 2.33 bits per heavy atom. The van der Waals surface area contributed by atoms with Crippen molar-refractivity contribution in [3.63, 3.8) is 0 Å². The molecule has 0 saturated heterocycles. The van der Waals surface area contributed by atoms with Gasteiger partial charge in [0.1, 0.15) is 5.69 Å². The highest BCUT2D eigenvalue weighted by Gasteiger charge is 2.16. The number of benzene rings is 1. The lowest BCUT2D eigenvalue weighted by molar-refractivity contribution is 0.390. The lowest BCUT2D eigenvalue weighted by Gasteiger charge is -1.97. The van der Waals surface area contributed by atoms with Crippen molar-refractivity contribution >= 4 is 0 Å². The van der Waals surface area contributed by atoms with Crippen LogP contribution in [0.1, 0.15) is 5.56 Å². The number of hydrogen-bond acceptors (Lipinski definition) is 2. The van der Waals surface area contributed by atoms with Crippen LogP contribution in [-0.4, -0.2) is 14.9 Å². The first kappa shape index (κ1) is 9.71. The van der Waals surface area contributed by atoms with Gasteiger partial charge in [0.05, 0.1) is 0 Å². The summed E-state index contributed by atoms with van der Waals surface area (Å²) in [7, 11) is 1.50. The number of rotatable bonds is 1. The Morgan fingerprint density at radius 2 is 1.87 bits per heavy atom. The molecule has 0 fully saturated rings. The van der Waals surface area contributed by atoms with Crippen LogP contribution in [0, 0.1) is 12.7 Å². The maximum atomic E-state index is 13.5. The fraction of sp³-hybridized carbons (Fsp3) is 0.182. The first-order valence-corrected chi connectivity index (χ1v) is 4.58. The average Bonchev–Trinajstić information content (AvgIpc) is 2.47. The van der Waals surface area contributed by atoms with Gasteiger partial charge in [-0.2, -0.15) is 9.49 Å². The average molecular weight is 206 g/mol. The molecule has 15 heavy (non-hydrogen) atoms. The molecule has 0 aliphatic carbocycles. The van der Waals surface area contributed by atoms with Gasteiger partial charge in [-0.25, -0.2) is 4.68 Å². The van der Waals surface area contributed by atoms with Gasteiger partial charge in [-0.1, -0.05) is 29.8 Å². The fourth-order valence-corrected chi connectivity index (χ4v) is 1.39. The lowest BCUT2D eigenvalue weighted by atomic mass is 10.1. The van der Waals surface area contributed by atoms with Crippen LogP contribution in [-0.2, 0) is 7.05 Å². The van der Waals surface area contributed by atoms with E-state index in [1.807, 2.05) is 19.1 Å². The molecular formula is C11H11FN2O. The molecule has 0 aliphatic heterocycles. The van der Waals surface area contributed by atoms with Gasteiger partial charge in [0.15, 0.2) is 0 Å². The largest absolute Gasteiger partial charge is 0.491 e. The Balaban J connectivity index is 2.54. The first-order valence-electron chi connectivity index (χ1n) is 4.58. The quantitative estimate of drug-likeness (QED) is 0.777. The molecule has 2 rings (SSSR count). The van der Waals surface area contributed by atoms with Crippen molar-refractivity contribution in [3.05, 3.63) is 35.6 Å². The summed E-state index contributed by atoms with van der Waals surface area (Å²) in [4.78, 5) is 0. The molecule has 0 spiro atoms. The molecule has 0 unspecified atom stereocenters. The third-order valence-electron chi connectivity index (χ3n) is 2.29. The molecule has 0 saturated carbocycles. The second-order valence-corrected chi connectivity index (χ2v) is 3.48. The predicted molar refractivity (Wildman–Crippen MR) is 55.0 cm³/mol. The SMILES string of the molecule is Cc1ccc(-c2nn(C)c(O)c2F)cc1. The highest BCUT2D eigenvalue weighted by atomic mass is 19.1. The number of aromatic nitrogens is 2. The zero-order chi connectivity index (χ0) is 11.0. The van der Waals surface area contributed by atoms with Gasteiger partial charge >= 0.3 is 0 Å². The van der Waals surface area contributed by atoms with Gasteiger partial charge in [-0.15, -0.1) is 0 Å². The summed E-state index contributed by atoms with van der Waals surface area (Å²) in [5.41, 5.74) is 1.93. The fourth-order valence-electron chi connectivity index (χ4n) is 1.39. The number of halogens is 1. The summed E-state index contributed by atoms with van der Waals surface area (Å²) in [5.74, 6) is -1.12. The summed E-state index contributed by atoms with van der Waals surface area (Å²) < 4.78 is 14.6. The molecule has 0 radical (unpaired) electrons. The number of aromatic hydroxyl groups is 1. The summed E-state index contributed by atoms with van der Waals surface area (Å²) in [6.07, 6.45) is 0. The second-order valence-electron chi connectivity index (χ2n) is 3.48. The monoisotopic (exact) mass is 206 g/mol. The van der Waals surface area contributed by atoms with E-state index in [4.69, 9.17) is 0 Å². The second kappa shape index (κ2) is 3.38. The van der Waals surface area contributed by atoms with E-state index in [-0.39, 0.29) is 5.69 Å². The Morgan fingerprint density at radius 1 is 1.27 bits per heavy atom. The van der Waals surface area contributed by atoms with Crippen LogP contribution in [0.25, 0.3) is 11.3 Å². The van der Waals surface area contributed by atoms with Gasteiger partial charge in [-0.05, 0) is 6.92 Å². The van der Waals surface area contributed by atoms with Gasteiger partial charge in [0, 0.05) is 12.6 Å². The van der Waals surface area contributed by atoms with Crippen molar-refractivity contribution < 1.29 is 9.50 Å². The third kappa shape index (κ3) is 1.58. The van der Waals surface area contributed by atoms with Gasteiger partial charge in [0.2, 0.25) is 11.7 Å². The topological polar surface area (TPSA) is 38.0 Å². The van der Waals surface area contributed by atoms with Crippen molar-refractivity contribution in [1.29, 1.82) is 0 Å². The minimum absolute atomic E-state index is 0.176. The van der Waals surface area contributed by atoms with Gasteiger partial charge in [-0.3, -0.25) is 0 Å². The number of aryl methyl sites for hydroxylation is 2. The summed E-state index contributed by atoms with van der Waals surface area (Å²) in [6, 6.07) is 7.31. The zero-order valence-electron chi connectivity index (χ0n) is 8.53. The highest BCUT2D eigenvalue weighted by Crippen LogP contribution is 2.27. The standard InChI is InChI=1S/C11H11FN2O/c1-7-3-5-8(6-4-7)10-9(12)11(15)14(2)13-10/h3-6,15H,1-2H3. The molecule has 2 aromatic rings. The Kier molecular flexibility index (Phi) is 2.19. The third-order valence-corrected chi connectivity index (χ3v) is 2.29. The van der Waals surface area contributed by atoms with Crippen molar-refractivity contribution in [2.45, 2.75) is 6.92 Å². The Hall–Kier alpha value is -1.84. The minimum Gasteiger partial charge on any atom is -0.491 e. The van der Waals surface area contributed by atoms with E-state index in [2.05, 4.69) is 5.10 Å². The zero-order valence-corrected chi connectivity index (χ0v) is 8.53. The molecule has 1 aromatic carbocycles. The molecule has 1 heterocycles. The normalized spacial score (nSPS) is 10.6. The number of nitrogens with zero attached hydrogens (tertiary/aromatic N) is 2. The Labute approximate surface area is 86.8 Å². The first-order chi connectivity index (χ1) is 7.09. The molecule has 1 aromatic heterocycles. The molecule has 0 amide bonds. The summed E-state index contributed by atoms with van der Waals surface area (Å²) in [6.45, 7) is 1.95. The van der Waals surface area contributed by atoms with Gasteiger partial charge < -0.3 is 5.11 Å². The summed E-state index contributed by atoms with van der Waals surface area (Å²) in [5, 5.41) is 13.2. The van der Waals surface area contributed by atoms with E-state index in [1.165, 1.54) is 7.05 Å². The van der Waals surface area contributed by atoms with Crippen LogP contribution in [0.5, 0.6) is 5.88 Å². The molecule has 4 heteroatoms. The van der Waals surface area contributed by atoms with Crippen LogP contribution >= 0.6 is 0 Å². The predicted octanol–water partition coefficient (Wildman–Crippen LogP) is 2.24. The lowest BCUT2D eigenvalue weighted by Crippen LogP contribution is -1.89. The smallest absolute Gasteiger partial charge is 0.246 e. The highest BCUT2D eigenvalue weighted by molar-refractivity contribution is 5.61. The van der Waals surface area contributed by atoms with Crippen molar-refractivity contribution in [3.8, 4) is 17.1 Å². The van der Waals surface area contributed by atoms with Crippen LogP contribution in [0.2, 0.25) is 0 Å². The van der Waals surface area contributed by atoms with Crippen LogP contribution in [0.3, 0.4) is 0 Å². The van der Waals surface area contributed by atoms with Crippen molar-refractivity contribution in [2.24, 2.45) is 7.05 Å². The maximum absolute atomic E-state index is 13.5. The molecule has 0 bridgehead atoms. The molecule has 78 valence electrons. The van der Waals surface area contributed by atoms with Crippen LogP contribution < -0.4 is 0 Å². The van der Waals surface area contributed by atoms with E-state index in [0.717, 1.165) is 10.2 Å². The minimum atomic E-state index is -0.679. The molecule has 1 N–H and O–H groups in total. The molecule has 0 aliphatic rings. The van der Waals surface area contributed by atoms with Crippen LogP contribution in [0.4, 0.5) is 4.39 Å². The van der Waals surface area contributed by atoms with Gasteiger partial charge in [0.25, 0.3) is 0 Å². The Bertz CT molecular complexity index is 488. The van der Waals surface area contributed by atoms with E-state index in [0.29, 0.717) is 5.56 Å². The number of hydrogen-bond donors (Lipinski definition) is 1. The molecular weight excluding hydrogens is 195 g/mol. The molecule has 0 atom stereocenters.